The van der Waals surface area contributed by atoms with E-state index in [2.05, 4.69) is 42.5 Å². The van der Waals surface area contributed by atoms with Crippen LogP contribution in [0.4, 0.5) is 15.8 Å². The number of aryl methyl sites for hydroxylation is 2. The number of hydrogen-bond donors (Lipinski definition) is 1. The summed E-state index contributed by atoms with van der Waals surface area (Å²) < 4.78 is 16.7. The maximum absolute atomic E-state index is 14.5. The van der Waals surface area contributed by atoms with Gasteiger partial charge in [-0.25, -0.2) is 4.39 Å². The molecule has 0 radical (unpaired) electrons. The second kappa shape index (κ2) is 10.4. The van der Waals surface area contributed by atoms with E-state index in [9.17, 15) is 9.18 Å². The van der Waals surface area contributed by atoms with Crippen LogP contribution in [-0.4, -0.2) is 38.6 Å². The maximum Gasteiger partial charge on any atom is 0.193 e. The zero-order valence-corrected chi connectivity index (χ0v) is 22.6. The first kappa shape index (κ1) is 25.5. The number of pyridine rings is 3. The fraction of sp³-hybridized carbons (Fsp3) is 0.387. The number of nitrogens with two attached hydrogens (primary N) is 1. The van der Waals surface area contributed by atoms with Crippen molar-refractivity contribution >= 4 is 22.3 Å². The normalized spacial score (nSPS) is 17.7. The predicted octanol–water partition coefficient (Wildman–Crippen LogP) is 5.14. The number of rotatable bonds is 7. The third-order valence-electron chi connectivity index (χ3n) is 8.06. The molecule has 1 aliphatic carbocycles. The zero-order chi connectivity index (χ0) is 27.1. The highest BCUT2D eigenvalue weighted by atomic mass is 19.1. The van der Waals surface area contributed by atoms with Crippen LogP contribution < -0.4 is 16.1 Å². The van der Waals surface area contributed by atoms with E-state index >= 15 is 0 Å². The molecule has 202 valence electrons. The summed E-state index contributed by atoms with van der Waals surface area (Å²) in [5.74, 6) is -0.544. The van der Waals surface area contributed by atoms with Gasteiger partial charge >= 0.3 is 0 Å². The van der Waals surface area contributed by atoms with E-state index in [0.29, 0.717) is 30.1 Å². The zero-order valence-electron chi connectivity index (χ0n) is 22.6. The van der Waals surface area contributed by atoms with Gasteiger partial charge in [0, 0.05) is 73.0 Å². The fourth-order valence-corrected chi connectivity index (χ4v) is 5.81. The molecule has 6 rings (SSSR count). The molecule has 1 unspecified atom stereocenters. The maximum atomic E-state index is 14.5. The van der Waals surface area contributed by atoms with Crippen LogP contribution in [0.25, 0.3) is 10.9 Å². The van der Waals surface area contributed by atoms with E-state index in [1.165, 1.54) is 11.6 Å². The number of fused-ring (bicyclic) bond motifs is 1. The molecule has 0 spiro atoms. The topological polar surface area (TPSA) is 80.3 Å². The summed E-state index contributed by atoms with van der Waals surface area (Å²) in [4.78, 5) is 27.4. The summed E-state index contributed by atoms with van der Waals surface area (Å²) in [6.07, 6.45) is 9.99. The molecule has 1 saturated heterocycles. The van der Waals surface area contributed by atoms with Gasteiger partial charge in [-0.3, -0.25) is 19.7 Å². The molecule has 1 saturated carbocycles. The molecular formula is C31H35FN6O. The molecule has 39 heavy (non-hydrogen) atoms. The van der Waals surface area contributed by atoms with Crippen LogP contribution >= 0.6 is 0 Å². The number of nitrogens with zero attached hydrogens (tertiary/aromatic N) is 5. The first-order valence-electron chi connectivity index (χ1n) is 13.8. The summed E-state index contributed by atoms with van der Waals surface area (Å²) in [7, 11) is 0. The number of hydrogen-bond acceptors (Lipinski definition) is 6. The van der Waals surface area contributed by atoms with Gasteiger partial charge in [-0.15, -0.1) is 0 Å². The molecule has 2 fully saturated rings. The van der Waals surface area contributed by atoms with E-state index in [0.717, 1.165) is 61.4 Å². The van der Waals surface area contributed by atoms with Gasteiger partial charge in [-0.2, -0.15) is 0 Å². The number of aromatic nitrogens is 3. The minimum atomic E-state index is -0.544. The molecule has 8 heteroatoms. The first-order chi connectivity index (χ1) is 18.9. The van der Waals surface area contributed by atoms with Gasteiger partial charge < -0.3 is 15.2 Å². The van der Waals surface area contributed by atoms with Gasteiger partial charge in [0.1, 0.15) is 5.82 Å². The molecule has 4 heterocycles. The summed E-state index contributed by atoms with van der Waals surface area (Å²) in [6.45, 7) is 7.02. The molecule has 1 aromatic carbocycles. The molecule has 4 aromatic rings. The highest BCUT2D eigenvalue weighted by Gasteiger charge is 2.29. The molecule has 3 aromatic heterocycles. The minimum Gasteiger partial charge on any atom is -0.396 e. The van der Waals surface area contributed by atoms with Crippen molar-refractivity contribution in [3.05, 3.63) is 93.5 Å². The third-order valence-corrected chi connectivity index (χ3v) is 8.06. The third kappa shape index (κ3) is 5.39. The fourth-order valence-electron chi connectivity index (χ4n) is 5.81. The van der Waals surface area contributed by atoms with Crippen LogP contribution in [0, 0.1) is 19.7 Å². The summed E-state index contributed by atoms with van der Waals surface area (Å²) >= 11 is 0. The Morgan fingerprint density at radius 1 is 1.05 bits per heavy atom. The van der Waals surface area contributed by atoms with Gasteiger partial charge in [0.15, 0.2) is 5.43 Å². The standard InChI is InChI=1S/C31H35FN6O/c1-20-5-6-25(15-35-20)36-11-3-4-26(19-36)37(16-22-9-10-34-21(2)12-22)17-23-18-38(24-7-8-24)30-14-29(33)28(32)13-27(30)31(23)39/h5-6,9-10,12-15,18,24,26H,3-4,7-8,11,16-17,19,33H2,1-2H3. The number of benzene rings is 1. The Balaban J connectivity index is 1.37. The van der Waals surface area contributed by atoms with E-state index in [-0.39, 0.29) is 17.2 Å². The molecule has 0 bridgehead atoms. The van der Waals surface area contributed by atoms with Crippen molar-refractivity contribution in [2.45, 2.75) is 64.7 Å². The lowest BCUT2D eigenvalue weighted by Gasteiger charge is -2.40. The Labute approximate surface area is 228 Å². The molecule has 2 N–H and O–H groups in total. The van der Waals surface area contributed by atoms with E-state index < -0.39 is 5.82 Å². The molecule has 1 atom stereocenters. The smallest absolute Gasteiger partial charge is 0.193 e. The lowest BCUT2D eigenvalue weighted by Crippen LogP contribution is -2.48. The largest absolute Gasteiger partial charge is 0.396 e. The molecule has 1 aliphatic heterocycles. The molecule has 7 nitrogen and oxygen atoms in total. The Kier molecular flexibility index (Phi) is 6.81. The van der Waals surface area contributed by atoms with Crippen LogP contribution in [-0.2, 0) is 13.1 Å². The Morgan fingerprint density at radius 2 is 1.90 bits per heavy atom. The van der Waals surface area contributed by atoms with Gasteiger partial charge in [0.25, 0.3) is 0 Å². The monoisotopic (exact) mass is 526 g/mol. The minimum absolute atomic E-state index is 0.0756. The highest BCUT2D eigenvalue weighted by molar-refractivity contribution is 5.83. The van der Waals surface area contributed by atoms with Crippen molar-refractivity contribution in [2.24, 2.45) is 0 Å². The lowest BCUT2D eigenvalue weighted by atomic mass is 10.0. The van der Waals surface area contributed by atoms with Crippen molar-refractivity contribution in [3.63, 3.8) is 0 Å². The number of halogens is 1. The van der Waals surface area contributed by atoms with Crippen molar-refractivity contribution in [3.8, 4) is 0 Å². The molecule has 2 aliphatic rings. The van der Waals surface area contributed by atoms with Gasteiger partial charge in [-0.1, -0.05) is 0 Å². The Bertz CT molecular complexity index is 1560. The van der Waals surface area contributed by atoms with Crippen molar-refractivity contribution in [1.29, 1.82) is 0 Å². The van der Waals surface area contributed by atoms with Gasteiger partial charge in [0.2, 0.25) is 0 Å². The summed E-state index contributed by atoms with van der Waals surface area (Å²) in [5.41, 5.74) is 11.5. The molecule has 0 amide bonds. The molecular weight excluding hydrogens is 491 g/mol. The predicted molar refractivity (Wildman–Crippen MR) is 153 cm³/mol. The van der Waals surface area contributed by atoms with Crippen LogP contribution in [0.3, 0.4) is 0 Å². The summed E-state index contributed by atoms with van der Waals surface area (Å²) in [5, 5.41) is 0.404. The van der Waals surface area contributed by atoms with Gasteiger partial charge in [0.05, 0.1) is 23.1 Å². The Morgan fingerprint density at radius 3 is 2.64 bits per heavy atom. The van der Waals surface area contributed by atoms with Crippen LogP contribution in [0.1, 0.15) is 54.2 Å². The van der Waals surface area contributed by atoms with Crippen LogP contribution in [0.2, 0.25) is 0 Å². The van der Waals surface area contributed by atoms with E-state index in [4.69, 9.17) is 5.73 Å². The first-order valence-corrected chi connectivity index (χ1v) is 13.8. The summed E-state index contributed by atoms with van der Waals surface area (Å²) in [6, 6.07) is 11.8. The number of piperidine rings is 1. The number of nitrogen functional groups attached to an aromatic ring is 1. The van der Waals surface area contributed by atoms with Crippen LogP contribution in [0.15, 0.2) is 59.8 Å². The van der Waals surface area contributed by atoms with E-state index in [1.807, 2.05) is 38.5 Å². The highest BCUT2D eigenvalue weighted by Crippen LogP contribution is 2.38. The van der Waals surface area contributed by atoms with E-state index in [1.54, 1.807) is 6.07 Å². The van der Waals surface area contributed by atoms with Gasteiger partial charge in [-0.05, 0) is 81.5 Å². The average Bonchev–Trinajstić information content (AvgIpc) is 3.77. The van der Waals surface area contributed by atoms with Crippen LogP contribution in [0.5, 0.6) is 0 Å². The second-order valence-electron chi connectivity index (χ2n) is 11.1. The number of anilines is 2. The average molecular weight is 527 g/mol. The second-order valence-corrected chi connectivity index (χ2v) is 11.1. The van der Waals surface area contributed by atoms with Crippen molar-refractivity contribution in [2.75, 3.05) is 23.7 Å². The van der Waals surface area contributed by atoms with Crippen molar-refractivity contribution < 1.29 is 4.39 Å². The van der Waals surface area contributed by atoms with Crippen molar-refractivity contribution in [1.82, 2.24) is 19.4 Å². The quantitative estimate of drug-likeness (QED) is 0.336. The lowest BCUT2D eigenvalue weighted by molar-refractivity contribution is 0.158. The Hall–Kier alpha value is -3.78. The SMILES string of the molecule is Cc1ccc(N2CCCC(N(Cc3ccnc(C)c3)Cc3cn(C4CC4)c4cc(N)c(F)cc4c3=O)C2)cn1.